The van der Waals surface area contributed by atoms with Crippen LogP contribution in [0.15, 0.2) is 36.4 Å². The maximum Gasteiger partial charge on any atom is 0.132 e. The molecule has 0 spiro atoms. The van der Waals surface area contributed by atoms with E-state index in [2.05, 4.69) is 12.1 Å². The van der Waals surface area contributed by atoms with Crippen molar-refractivity contribution in [1.29, 1.82) is 5.41 Å². The van der Waals surface area contributed by atoms with Crippen molar-refractivity contribution in [1.82, 2.24) is 4.98 Å². The van der Waals surface area contributed by atoms with Gasteiger partial charge in [-0.25, -0.2) is 4.98 Å². The maximum atomic E-state index is 7.52. The molecule has 1 aliphatic rings. The lowest BCUT2D eigenvalue weighted by Crippen LogP contribution is -2.15. The third kappa shape index (κ3) is 2.25. The van der Waals surface area contributed by atoms with E-state index >= 15 is 0 Å². The molecule has 1 aliphatic carbocycles. The quantitative estimate of drug-likeness (QED) is 0.663. The molecule has 3 rings (SSSR count). The van der Waals surface area contributed by atoms with Crippen LogP contribution in [0.3, 0.4) is 0 Å². The van der Waals surface area contributed by atoms with Crippen LogP contribution in [-0.4, -0.2) is 17.9 Å². The maximum absolute atomic E-state index is 7.52. The second-order valence-electron chi connectivity index (χ2n) is 5.15. The molecule has 0 saturated heterocycles. The number of nitrogen functional groups attached to an aromatic ring is 1. The number of pyridine rings is 1. The molecule has 0 atom stereocenters. The predicted molar refractivity (Wildman–Crippen MR) is 81.8 cm³/mol. The fraction of sp³-hybridized carbons (Fsp3) is 0.250. The number of nitrogens with zero attached hydrogens (tertiary/aromatic N) is 2. The van der Waals surface area contributed by atoms with E-state index in [-0.39, 0.29) is 5.84 Å². The van der Waals surface area contributed by atoms with Crippen molar-refractivity contribution >= 4 is 17.3 Å². The number of rotatable bonds is 3. The van der Waals surface area contributed by atoms with Crippen LogP contribution < -0.4 is 10.6 Å². The average Bonchev–Trinajstić information content (AvgIpc) is 2.94. The summed E-state index contributed by atoms with van der Waals surface area (Å²) < 4.78 is 0. The highest BCUT2D eigenvalue weighted by Crippen LogP contribution is 2.27. The molecular formula is C16H18N4. The zero-order chi connectivity index (χ0) is 14.1. The Morgan fingerprint density at radius 2 is 2.10 bits per heavy atom. The fourth-order valence-electron chi connectivity index (χ4n) is 2.61. The molecule has 1 heterocycles. The van der Waals surface area contributed by atoms with Crippen LogP contribution in [0.2, 0.25) is 0 Å². The molecule has 3 N–H and O–H groups in total. The fourth-order valence-corrected chi connectivity index (χ4v) is 2.61. The molecule has 2 aromatic rings. The van der Waals surface area contributed by atoms with Crippen LogP contribution in [-0.2, 0) is 12.8 Å². The highest BCUT2D eigenvalue weighted by molar-refractivity contribution is 5.96. The Hall–Kier alpha value is -2.36. The van der Waals surface area contributed by atoms with Gasteiger partial charge in [0, 0.05) is 24.0 Å². The normalized spacial score (nSPS) is 13.1. The Labute approximate surface area is 118 Å². The van der Waals surface area contributed by atoms with Crippen molar-refractivity contribution in [3.63, 3.8) is 0 Å². The summed E-state index contributed by atoms with van der Waals surface area (Å²) in [6, 6.07) is 11.9. The van der Waals surface area contributed by atoms with E-state index in [9.17, 15) is 0 Å². The summed E-state index contributed by atoms with van der Waals surface area (Å²) >= 11 is 0. The number of aromatic nitrogens is 1. The van der Waals surface area contributed by atoms with Gasteiger partial charge in [-0.15, -0.1) is 0 Å². The summed E-state index contributed by atoms with van der Waals surface area (Å²) in [5, 5.41) is 7.52. The standard InChI is InChI=1S/C16H18N4/c1-20(13-6-2-5-12(10-13)16(17)18)15-9-8-11-4-3-7-14(11)19-15/h2,5-6,8-10H,3-4,7H2,1H3,(H3,17,18). The summed E-state index contributed by atoms with van der Waals surface area (Å²) in [5.41, 5.74) is 9.86. The summed E-state index contributed by atoms with van der Waals surface area (Å²) in [5.74, 6) is 1.02. The van der Waals surface area contributed by atoms with Crippen molar-refractivity contribution in [2.45, 2.75) is 19.3 Å². The lowest BCUT2D eigenvalue weighted by molar-refractivity contribution is 0.898. The van der Waals surface area contributed by atoms with Gasteiger partial charge in [-0.05, 0) is 43.0 Å². The Morgan fingerprint density at radius 3 is 2.90 bits per heavy atom. The van der Waals surface area contributed by atoms with Gasteiger partial charge in [0.1, 0.15) is 11.7 Å². The second-order valence-corrected chi connectivity index (χ2v) is 5.15. The van der Waals surface area contributed by atoms with Gasteiger partial charge in [-0.1, -0.05) is 18.2 Å². The van der Waals surface area contributed by atoms with E-state index in [0.29, 0.717) is 0 Å². The van der Waals surface area contributed by atoms with Gasteiger partial charge >= 0.3 is 0 Å². The lowest BCUT2D eigenvalue weighted by atomic mass is 10.1. The summed E-state index contributed by atoms with van der Waals surface area (Å²) in [4.78, 5) is 6.78. The van der Waals surface area contributed by atoms with Crippen molar-refractivity contribution in [3.8, 4) is 0 Å². The highest BCUT2D eigenvalue weighted by Gasteiger charge is 2.14. The van der Waals surface area contributed by atoms with E-state index in [1.54, 1.807) is 0 Å². The van der Waals surface area contributed by atoms with Gasteiger partial charge in [0.2, 0.25) is 0 Å². The monoisotopic (exact) mass is 266 g/mol. The van der Waals surface area contributed by atoms with Crippen LogP contribution in [0.4, 0.5) is 11.5 Å². The number of hydrogen-bond acceptors (Lipinski definition) is 3. The Balaban J connectivity index is 1.94. The summed E-state index contributed by atoms with van der Waals surface area (Å²) in [6.45, 7) is 0. The molecular weight excluding hydrogens is 248 g/mol. The molecule has 0 saturated carbocycles. The van der Waals surface area contributed by atoms with Crippen LogP contribution >= 0.6 is 0 Å². The van der Waals surface area contributed by atoms with Crippen LogP contribution in [0.5, 0.6) is 0 Å². The van der Waals surface area contributed by atoms with Gasteiger partial charge in [0.05, 0.1) is 0 Å². The SMILES string of the molecule is CN(c1cccc(C(=N)N)c1)c1ccc2c(n1)CCC2. The van der Waals surface area contributed by atoms with Crippen molar-refractivity contribution in [2.75, 3.05) is 11.9 Å². The van der Waals surface area contributed by atoms with Gasteiger partial charge in [-0.3, -0.25) is 5.41 Å². The largest absolute Gasteiger partial charge is 0.384 e. The van der Waals surface area contributed by atoms with Crippen LogP contribution in [0.25, 0.3) is 0 Å². The first-order valence-electron chi connectivity index (χ1n) is 6.82. The molecule has 0 aliphatic heterocycles. The molecule has 4 heteroatoms. The van der Waals surface area contributed by atoms with Gasteiger partial charge < -0.3 is 10.6 Å². The minimum atomic E-state index is 0.0853. The molecule has 0 radical (unpaired) electrons. The first-order chi connectivity index (χ1) is 9.65. The Kier molecular flexibility index (Phi) is 3.14. The molecule has 102 valence electrons. The number of benzene rings is 1. The van der Waals surface area contributed by atoms with Gasteiger partial charge in [0.25, 0.3) is 0 Å². The van der Waals surface area contributed by atoms with Crippen LogP contribution in [0, 0.1) is 5.41 Å². The summed E-state index contributed by atoms with van der Waals surface area (Å²) in [7, 11) is 1.99. The van der Waals surface area contributed by atoms with E-state index in [4.69, 9.17) is 16.1 Å². The number of hydrogen-bond donors (Lipinski definition) is 2. The summed E-state index contributed by atoms with van der Waals surface area (Å²) in [6.07, 6.45) is 3.42. The molecule has 1 aromatic carbocycles. The Bertz CT molecular complexity index is 663. The van der Waals surface area contributed by atoms with Crippen molar-refractivity contribution < 1.29 is 0 Å². The number of fused-ring (bicyclic) bond motifs is 1. The predicted octanol–water partition coefficient (Wildman–Crippen LogP) is 2.62. The zero-order valence-corrected chi connectivity index (χ0v) is 11.6. The van der Waals surface area contributed by atoms with Gasteiger partial charge in [-0.2, -0.15) is 0 Å². The third-order valence-corrected chi connectivity index (χ3v) is 3.80. The van der Waals surface area contributed by atoms with Crippen molar-refractivity contribution in [3.05, 3.63) is 53.2 Å². The number of amidine groups is 1. The van der Waals surface area contributed by atoms with E-state index in [0.717, 1.165) is 29.9 Å². The average molecular weight is 266 g/mol. The molecule has 1 aromatic heterocycles. The first kappa shape index (κ1) is 12.7. The number of nitrogens with two attached hydrogens (primary N) is 1. The molecule has 0 fully saturated rings. The lowest BCUT2D eigenvalue weighted by Gasteiger charge is -2.19. The number of anilines is 2. The van der Waals surface area contributed by atoms with Crippen molar-refractivity contribution in [2.24, 2.45) is 5.73 Å². The third-order valence-electron chi connectivity index (χ3n) is 3.80. The Morgan fingerprint density at radius 1 is 1.25 bits per heavy atom. The molecule has 20 heavy (non-hydrogen) atoms. The molecule has 0 bridgehead atoms. The number of nitrogens with one attached hydrogen (secondary N) is 1. The minimum absolute atomic E-state index is 0.0853. The van der Waals surface area contributed by atoms with E-state index in [1.807, 2.05) is 36.2 Å². The smallest absolute Gasteiger partial charge is 0.132 e. The molecule has 4 nitrogen and oxygen atoms in total. The zero-order valence-electron chi connectivity index (χ0n) is 11.6. The molecule has 0 amide bonds. The first-order valence-corrected chi connectivity index (χ1v) is 6.82. The van der Waals surface area contributed by atoms with Gasteiger partial charge in [0.15, 0.2) is 0 Å². The highest BCUT2D eigenvalue weighted by atomic mass is 15.2. The van der Waals surface area contributed by atoms with E-state index in [1.165, 1.54) is 17.7 Å². The van der Waals surface area contributed by atoms with Crippen LogP contribution in [0.1, 0.15) is 23.2 Å². The van der Waals surface area contributed by atoms with E-state index < -0.39 is 0 Å². The number of aryl methyl sites for hydroxylation is 2. The minimum Gasteiger partial charge on any atom is -0.384 e. The molecule has 0 unspecified atom stereocenters. The second kappa shape index (κ2) is 4.96. The topological polar surface area (TPSA) is 66.0 Å².